The number of carbonyl (C=O) groups is 2. The van der Waals surface area contributed by atoms with E-state index in [0.29, 0.717) is 23.8 Å². The number of anilines is 1. The fourth-order valence-electron chi connectivity index (χ4n) is 2.32. The highest BCUT2D eigenvalue weighted by atomic mass is 19.4. The van der Waals surface area contributed by atoms with Gasteiger partial charge in [-0.15, -0.1) is 0 Å². The first-order valence-corrected chi connectivity index (χ1v) is 8.56. The Kier molecular flexibility index (Phi) is 7.47. The van der Waals surface area contributed by atoms with Crippen molar-refractivity contribution in [2.75, 3.05) is 19.4 Å². The average Bonchev–Trinajstić information content (AvgIpc) is 3.34. The van der Waals surface area contributed by atoms with Crippen LogP contribution in [0.15, 0.2) is 36.7 Å². The molecule has 2 aromatic heterocycles. The van der Waals surface area contributed by atoms with E-state index in [-0.39, 0.29) is 11.5 Å². The zero-order valence-corrected chi connectivity index (χ0v) is 16.3. The molecule has 0 saturated carbocycles. The van der Waals surface area contributed by atoms with Crippen molar-refractivity contribution in [3.63, 3.8) is 0 Å². The Balaban J connectivity index is 0.000000423. The summed E-state index contributed by atoms with van der Waals surface area (Å²) in [7, 11) is 3.90. The first-order chi connectivity index (χ1) is 14.5. The molecular weight excluding hydrogens is 424 g/mol. The Labute approximate surface area is 173 Å². The molecule has 166 valence electrons. The molecule has 3 rings (SSSR count). The molecule has 0 atom stereocenters. The Morgan fingerprint density at radius 3 is 2.42 bits per heavy atom. The monoisotopic (exact) mass is 442 g/mol. The van der Waals surface area contributed by atoms with Crippen molar-refractivity contribution >= 4 is 17.6 Å². The molecule has 0 radical (unpaired) electrons. The summed E-state index contributed by atoms with van der Waals surface area (Å²) in [5, 5.41) is 16.2. The van der Waals surface area contributed by atoms with Crippen molar-refractivity contribution in [1.29, 1.82) is 0 Å². The van der Waals surface area contributed by atoms with Gasteiger partial charge < -0.3 is 20.3 Å². The molecule has 0 saturated heterocycles. The summed E-state index contributed by atoms with van der Waals surface area (Å²) in [6, 6.07) is 7.86. The molecule has 0 aliphatic carbocycles. The van der Waals surface area contributed by atoms with Crippen LogP contribution in [-0.4, -0.2) is 62.3 Å². The zero-order valence-electron chi connectivity index (χ0n) is 16.3. The number of carboxylic acids is 1. The number of amides is 1. The SMILES string of the molecule is CN(C)Cc1ccc(C(=O)Nc2ccc(F)c(-c3ncn[nH]3)c2)[nH]1.O=C(O)C(F)(F)F. The smallest absolute Gasteiger partial charge is 0.475 e. The van der Waals surface area contributed by atoms with E-state index in [1.54, 1.807) is 6.07 Å². The maximum atomic E-state index is 13.9. The number of carbonyl (C=O) groups excluding carboxylic acids is 1. The van der Waals surface area contributed by atoms with E-state index in [9.17, 15) is 22.4 Å². The predicted molar refractivity (Wildman–Crippen MR) is 102 cm³/mol. The Morgan fingerprint density at radius 1 is 1.19 bits per heavy atom. The van der Waals surface area contributed by atoms with Crippen LogP contribution in [0.25, 0.3) is 11.4 Å². The highest BCUT2D eigenvalue weighted by molar-refractivity contribution is 6.03. The molecule has 0 spiro atoms. The number of aromatic nitrogens is 4. The van der Waals surface area contributed by atoms with Crippen molar-refractivity contribution in [3.8, 4) is 11.4 Å². The third-order valence-electron chi connectivity index (χ3n) is 3.61. The normalized spacial score (nSPS) is 11.1. The maximum absolute atomic E-state index is 13.9. The molecule has 0 aliphatic heterocycles. The number of aromatic amines is 2. The predicted octanol–water partition coefficient (Wildman–Crippen LogP) is 2.89. The second kappa shape index (κ2) is 9.84. The second-order valence-electron chi connectivity index (χ2n) is 6.42. The van der Waals surface area contributed by atoms with Gasteiger partial charge in [0.25, 0.3) is 5.91 Å². The van der Waals surface area contributed by atoms with E-state index in [2.05, 4.69) is 25.5 Å². The lowest BCUT2D eigenvalue weighted by Crippen LogP contribution is -2.21. The van der Waals surface area contributed by atoms with Gasteiger partial charge in [0.15, 0.2) is 5.82 Å². The summed E-state index contributed by atoms with van der Waals surface area (Å²) in [6.07, 6.45) is -3.79. The lowest BCUT2D eigenvalue weighted by Gasteiger charge is -2.08. The number of hydrogen-bond acceptors (Lipinski definition) is 5. The van der Waals surface area contributed by atoms with Crippen LogP contribution in [0, 0.1) is 5.82 Å². The quantitative estimate of drug-likeness (QED) is 0.450. The van der Waals surface area contributed by atoms with Crippen molar-refractivity contribution in [1.82, 2.24) is 25.1 Å². The average molecular weight is 442 g/mol. The van der Waals surface area contributed by atoms with Crippen LogP contribution in [0.5, 0.6) is 0 Å². The van der Waals surface area contributed by atoms with Crippen LogP contribution in [0.3, 0.4) is 0 Å². The van der Waals surface area contributed by atoms with E-state index in [0.717, 1.165) is 5.69 Å². The minimum absolute atomic E-state index is 0.241. The van der Waals surface area contributed by atoms with Crippen molar-refractivity contribution < 1.29 is 32.3 Å². The number of carboxylic acid groups (broad SMARTS) is 1. The molecule has 31 heavy (non-hydrogen) atoms. The van der Waals surface area contributed by atoms with Gasteiger partial charge in [0.05, 0.1) is 5.56 Å². The number of halogens is 4. The number of hydrogen-bond donors (Lipinski definition) is 4. The third kappa shape index (κ3) is 6.92. The van der Waals surface area contributed by atoms with Gasteiger partial charge in [-0.3, -0.25) is 9.89 Å². The van der Waals surface area contributed by atoms with Gasteiger partial charge in [0.1, 0.15) is 17.8 Å². The molecule has 0 unspecified atom stereocenters. The molecule has 13 heteroatoms. The van der Waals surface area contributed by atoms with Crippen LogP contribution in [0.4, 0.5) is 23.2 Å². The molecule has 9 nitrogen and oxygen atoms in total. The largest absolute Gasteiger partial charge is 0.490 e. The van der Waals surface area contributed by atoms with Crippen molar-refractivity contribution in [2.24, 2.45) is 0 Å². The van der Waals surface area contributed by atoms with Crippen LogP contribution in [-0.2, 0) is 11.3 Å². The van der Waals surface area contributed by atoms with Gasteiger partial charge in [-0.2, -0.15) is 18.3 Å². The zero-order chi connectivity index (χ0) is 23.2. The second-order valence-corrected chi connectivity index (χ2v) is 6.42. The van der Waals surface area contributed by atoms with E-state index in [1.165, 1.54) is 24.5 Å². The number of aliphatic carboxylic acids is 1. The molecule has 3 aromatic rings. The molecule has 0 bridgehead atoms. The summed E-state index contributed by atoms with van der Waals surface area (Å²) < 4.78 is 45.6. The summed E-state index contributed by atoms with van der Waals surface area (Å²) in [6.45, 7) is 0.708. The molecule has 1 amide bonds. The van der Waals surface area contributed by atoms with Gasteiger partial charge in [-0.1, -0.05) is 0 Å². The molecule has 0 aliphatic rings. The Morgan fingerprint density at radius 2 is 1.87 bits per heavy atom. The molecule has 2 heterocycles. The number of nitrogens with zero attached hydrogens (tertiary/aromatic N) is 3. The summed E-state index contributed by atoms with van der Waals surface area (Å²) in [5.41, 5.74) is 2.09. The molecule has 0 fully saturated rings. The fourth-order valence-corrected chi connectivity index (χ4v) is 2.32. The molecule has 4 N–H and O–H groups in total. The summed E-state index contributed by atoms with van der Waals surface area (Å²) in [4.78, 5) is 30.2. The van der Waals surface area contributed by atoms with Gasteiger partial charge in [-0.05, 0) is 44.4 Å². The van der Waals surface area contributed by atoms with Gasteiger partial charge in [0.2, 0.25) is 0 Å². The first kappa shape index (κ1) is 23.5. The van der Waals surface area contributed by atoms with Crippen LogP contribution in [0.2, 0.25) is 0 Å². The Hall–Kier alpha value is -3.74. The van der Waals surface area contributed by atoms with Crippen LogP contribution >= 0.6 is 0 Å². The van der Waals surface area contributed by atoms with Crippen LogP contribution in [0.1, 0.15) is 16.2 Å². The number of nitrogens with one attached hydrogen (secondary N) is 3. The third-order valence-corrected chi connectivity index (χ3v) is 3.61. The summed E-state index contributed by atoms with van der Waals surface area (Å²) in [5.74, 6) is -3.20. The molecule has 1 aromatic carbocycles. The topological polar surface area (TPSA) is 127 Å². The maximum Gasteiger partial charge on any atom is 0.490 e. The van der Waals surface area contributed by atoms with Crippen molar-refractivity contribution in [2.45, 2.75) is 12.7 Å². The summed E-state index contributed by atoms with van der Waals surface area (Å²) >= 11 is 0. The number of H-pyrrole nitrogens is 2. The van der Waals surface area contributed by atoms with Gasteiger partial charge in [0, 0.05) is 17.9 Å². The van der Waals surface area contributed by atoms with Crippen molar-refractivity contribution in [3.05, 3.63) is 53.9 Å². The lowest BCUT2D eigenvalue weighted by atomic mass is 10.1. The number of alkyl halides is 3. The molecular formula is C18H18F4N6O3. The minimum Gasteiger partial charge on any atom is -0.475 e. The van der Waals surface area contributed by atoms with E-state index in [4.69, 9.17) is 9.90 Å². The van der Waals surface area contributed by atoms with E-state index >= 15 is 0 Å². The van der Waals surface area contributed by atoms with Gasteiger partial charge in [-0.25, -0.2) is 14.2 Å². The standard InChI is InChI=1S/C16H17FN6O.C2HF3O2/c1-23(2)8-11-4-6-14(20-11)16(24)21-10-3-5-13(17)12(7-10)15-18-9-19-22-15;3-2(4,5)1(6)7/h3-7,9,20H,8H2,1-2H3,(H,21,24)(H,18,19,22);(H,6,7). The van der Waals surface area contributed by atoms with E-state index in [1.807, 2.05) is 25.1 Å². The number of benzene rings is 1. The first-order valence-electron chi connectivity index (χ1n) is 8.56. The lowest BCUT2D eigenvalue weighted by molar-refractivity contribution is -0.192. The van der Waals surface area contributed by atoms with Gasteiger partial charge >= 0.3 is 12.1 Å². The highest BCUT2D eigenvalue weighted by Gasteiger charge is 2.38. The fraction of sp³-hybridized carbons (Fsp3) is 0.222. The van der Waals surface area contributed by atoms with Crippen LogP contribution < -0.4 is 5.32 Å². The Bertz CT molecular complexity index is 1030. The highest BCUT2D eigenvalue weighted by Crippen LogP contribution is 2.23. The van der Waals surface area contributed by atoms with E-state index < -0.39 is 18.0 Å². The minimum atomic E-state index is -5.08. The number of rotatable bonds is 5.